The molecular formula is C13H11BrN2O3. The normalized spacial score (nSPS) is 10.0. The highest BCUT2D eigenvalue weighted by molar-refractivity contribution is 9.10. The van der Waals surface area contributed by atoms with E-state index >= 15 is 0 Å². The van der Waals surface area contributed by atoms with Crippen molar-refractivity contribution >= 4 is 21.9 Å². The van der Waals surface area contributed by atoms with Crippen molar-refractivity contribution in [2.24, 2.45) is 0 Å². The van der Waals surface area contributed by atoms with Crippen LogP contribution in [0.1, 0.15) is 15.9 Å². The zero-order valence-corrected chi connectivity index (χ0v) is 11.8. The van der Waals surface area contributed by atoms with Crippen LogP contribution in [0.25, 0.3) is 0 Å². The van der Waals surface area contributed by atoms with Crippen molar-refractivity contribution in [3.63, 3.8) is 0 Å². The molecule has 2 aromatic rings. The van der Waals surface area contributed by atoms with Crippen LogP contribution in [0, 0.1) is 0 Å². The molecule has 2 rings (SSSR count). The molecule has 19 heavy (non-hydrogen) atoms. The molecule has 1 heterocycles. The van der Waals surface area contributed by atoms with Crippen molar-refractivity contribution in [1.29, 1.82) is 0 Å². The molecule has 0 saturated heterocycles. The zero-order valence-electron chi connectivity index (χ0n) is 10.2. The number of hydrogen-bond acceptors (Lipinski definition) is 5. The van der Waals surface area contributed by atoms with Gasteiger partial charge in [-0.05, 0) is 17.7 Å². The molecule has 0 aliphatic heterocycles. The zero-order chi connectivity index (χ0) is 13.7. The highest BCUT2D eigenvalue weighted by Gasteiger charge is 2.14. The molecule has 1 aromatic carbocycles. The first-order chi connectivity index (χ1) is 9.20. The first-order valence-electron chi connectivity index (χ1n) is 5.46. The minimum Gasteiger partial charge on any atom is -0.472 e. The van der Waals surface area contributed by atoms with Gasteiger partial charge >= 0.3 is 5.97 Å². The van der Waals surface area contributed by atoms with Crippen molar-refractivity contribution in [3.05, 3.63) is 52.4 Å². The molecular weight excluding hydrogens is 312 g/mol. The number of hydrogen-bond donors (Lipinski definition) is 0. The summed E-state index contributed by atoms with van der Waals surface area (Å²) in [4.78, 5) is 19.2. The molecule has 0 fully saturated rings. The third-order valence-corrected chi connectivity index (χ3v) is 2.90. The van der Waals surface area contributed by atoms with Crippen LogP contribution in [0.4, 0.5) is 0 Å². The number of methoxy groups -OCH3 is 1. The molecule has 0 atom stereocenters. The first-order valence-corrected chi connectivity index (χ1v) is 6.25. The van der Waals surface area contributed by atoms with Gasteiger partial charge in [0, 0.05) is 10.7 Å². The fourth-order valence-corrected chi connectivity index (χ4v) is 1.68. The van der Waals surface area contributed by atoms with Gasteiger partial charge in [0.2, 0.25) is 5.88 Å². The van der Waals surface area contributed by atoms with E-state index < -0.39 is 5.97 Å². The van der Waals surface area contributed by atoms with E-state index in [1.54, 1.807) is 0 Å². The predicted molar refractivity (Wildman–Crippen MR) is 71.8 cm³/mol. The van der Waals surface area contributed by atoms with Crippen LogP contribution >= 0.6 is 15.9 Å². The largest absolute Gasteiger partial charge is 0.472 e. The second-order valence-electron chi connectivity index (χ2n) is 3.65. The second-order valence-corrected chi connectivity index (χ2v) is 4.56. The number of aromatic nitrogens is 2. The summed E-state index contributed by atoms with van der Waals surface area (Å²) in [6, 6.07) is 7.67. The van der Waals surface area contributed by atoms with Crippen LogP contribution in [-0.2, 0) is 11.3 Å². The maximum Gasteiger partial charge on any atom is 0.344 e. The number of halogens is 1. The molecule has 0 unspecified atom stereocenters. The molecule has 0 bridgehead atoms. The summed E-state index contributed by atoms with van der Waals surface area (Å²) in [6.45, 7) is 0.314. The molecule has 6 heteroatoms. The van der Waals surface area contributed by atoms with Crippen molar-refractivity contribution in [1.82, 2.24) is 9.97 Å². The lowest BCUT2D eigenvalue weighted by atomic mass is 10.2. The monoisotopic (exact) mass is 322 g/mol. The average molecular weight is 323 g/mol. The van der Waals surface area contributed by atoms with E-state index in [2.05, 4.69) is 30.6 Å². The number of benzene rings is 1. The number of carbonyl (C=O) groups is 1. The van der Waals surface area contributed by atoms with Gasteiger partial charge in [0.15, 0.2) is 0 Å². The standard InChI is InChI=1S/C13H11BrN2O3/c1-18-13(17)11-6-15-8-16-12(11)19-7-9-2-4-10(14)5-3-9/h2-6,8H,7H2,1H3. The van der Waals surface area contributed by atoms with Gasteiger partial charge < -0.3 is 9.47 Å². The molecule has 0 radical (unpaired) electrons. The Morgan fingerprint density at radius 1 is 1.32 bits per heavy atom. The lowest BCUT2D eigenvalue weighted by molar-refractivity contribution is 0.0593. The van der Waals surface area contributed by atoms with E-state index in [1.807, 2.05) is 24.3 Å². The first kappa shape index (κ1) is 13.5. The lowest BCUT2D eigenvalue weighted by Crippen LogP contribution is -2.08. The Hall–Kier alpha value is -1.95. The molecule has 5 nitrogen and oxygen atoms in total. The van der Waals surface area contributed by atoms with Crippen molar-refractivity contribution in [2.75, 3.05) is 7.11 Å². The van der Waals surface area contributed by atoms with E-state index in [0.29, 0.717) is 6.61 Å². The Kier molecular flexibility index (Phi) is 4.46. The Morgan fingerprint density at radius 2 is 2.05 bits per heavy atom. The quantitative estimate of drug-likeness (QED) is 0.810. The Labute approximate surface area is 118 Å². The molecule has 0 aliphatic carbocycles. The SMILES string of the molecule is COC(=O)c1cncnc1OCc1ccc(Br)cc1. The van der Waals surface area contributed by atoms with Crippen LogP contribution in [0.5, 0.6) is 5.88 Å². The molecule has 0 N–H and O–H groups in total. The summed E-state index contributed by atoms with van der Waals surface area (Å²) in [5.41, 5.74) is 1.18. The molecule has 0 amide bonds. The van der Waals surface area contributed by atoms with E-state index in [1.165, 1.54) is 19.6 Å². The highest BCUT2D eigenvalue weighted by atomic mass is 79.9. The van der Waals surface area contributed by atoms with Crippen LogP contribution < -0.4 is 4.74 Å². The summed E-state index contributed by atoms with van der Waals surface area (Å²) >= 11 is 3.36. The Balaban J connectivity index is 2.11. The van der Waals surface area contributed by atoms with Crippen LogP contribution in [0.2, 0.25) is 0 Å². The second kappa shape index (κ2) is 6.29. The van der Waals surface area contributed by atoms with Crippen LogP contribution in [0.15, 0.2) is 41.3 Å². The third kappa shape index (κ3) is 3.51. The van der Waals surface area contributed by atoms with Gasteiger partial charge in [-0.2, -0.15) is 0 Å². The summed E-state index contributed by atoms with van der Waals surface area (Å²) in [5, 5.41) is 0. The van der Waals surface area contributed by atoms with Gasteiger partial charge in [-0.3, -0.25) is 0 Å². The summed E-state index contributed by atoms with van der Waals surface area (Å²) < 4.78 is 11.2. The molecule has 1 aromatic heterocycles. The number of carbonyl (C=O) groups excluding carboxylic acids is 1. The summed E-state index contributed by atoms with van der Waals surface area (Å²) in [7, 11) is 1.30. The Morgan fingerprint density at radius 3 is 2.74 bits per heavy atom. The summed E-state index contributed by atoms with van der Waals surface area (Å²) in [5.74, 6) is -0.309. The van der Waals surface area contributed by atoms with Gasteiger partial charge in [-0.15, -0.1) is 0 Å². The fourth-order valence-electron chi connectivity index (χ4n) is 1.42. The van der Waals surface area contributed by atoms with Crippen LogP contribution in [-0.4, -0.2) is 23.0 Å². The molecule has 0 aliphatic rings. The van der Waals surface area contributed by atoms with E-state index in [0.717, 1.165) is 10.0 Å². The van der Waals surface area contributed by atoms with E-state index in [9.17, 15) is 4.79 Å². The van der Waals surface area contributed by atoms with Gasteiger partial charge in [0.1, 0.15) is 18.5 Å². The topological polar surface area (TPSA) is 61.3 Å². The predicted octanol–water partition coefficient (Wildman–Crippen LogP) is 2.60. The van der Waals surface area contributed by atoms with Crippen molar-refractivity contribution < 1.29 is 14.3 Å². The number of esters is 1. The van der Waals surface area contributed by atoms with Gasteiger partial charge in [-0.1, -0.05) is 28.1 Å². The highest BCUT2D eigenvalue weighted by Crippen LogP contribution is 2.17. The third-order valence-electron chi connectivity index (χ3n) is 2.37. The molecule has 0 saturated carbocycles. The minimum atomic E-state index is -0.522. The fraction of sp³-hybridized carbons (Fsp3) is 0.154. The van der Waals surface area contributed by atoms with Gasteiger partial charge in [0.05, 0.1) is 7.11 Å². The molecule has 98 valence electrons. The van der Waals surface area contributed by atoms with E-state index in [4.69, 9.17) is 4.74 Å². The smallest absolute Gasteiger partial charge is 0.344 e. The lowest BCUT2D eigenvalue weighted by Gasteiger charge is -2.08. The van der Waals surface area contributed by atoms with Gasteiger partial charge in [-0.25, -0.2) is 14.8 Å². The minimum absolute atomic E-state index is 0.210. The van der Waals surface area contributed by atoms with Crippen molar-refractivity contribution in [3.8, 4) is 5.88 Å². The van der Waals surface area contributed by atoms with Crippen molar-refractivity contribution in [2.45, 2.75) is 6.61 Å². The number of ether oxygens (including phenoxy) is 2. The van der Waals surface area contributed by atoms with Gasteiger partial charge in [0.25, 0.3) is 0 Å². The number of rotatable bonds is 4. The Bertz CT molecular complexity index is 572. The van der Waals surface area contributed by atoms with E-state index in [-0.39, 0.29) is 11.4 Å². The maximum absolute atomic E-state index is 11.5. The average Bonchev–Trinajstić information content (AvgIpc) is 2.46. The maximum atomic E-state index is 11.5. The number of nitrogens with zero attached hydrogens (tertiary/aromatic N) is 2. The molecule has 0 spiro atoms. The summed E-state index contributed by atoms with van der Waals surface area (Å²) in [6.07, 6.45) is 2.69. The van der Waals surface area contributed by atoms with Crippen LogP contribution in [0.3, 0.4) is 0 Å².